The molecule has 4 aliphatic carbocycles. The van der Waals surface area contributed by atoms with E-state index in [9.17, 15) is 14.0 Å². The van der Waals surface area contributed by atoms with Gasteiger partial charge >= 0.3 is 0 Å². The van der Waals surface area contributed by atoms with E-state index in [-0.39, 0.29) is 16.5 Å². The first-order valence-electron chi connectivity index (χ1n) is 10.7. The molecule has 1 N–H and O–H groups in total. The highest BCUT2D eigenvalue weighted by Crippen LogP contribution is 2.59. The fraction of sp³-hybridized carbons (Fsp3) is 0.385. The average Bonchev–Trinajstić information content (AvgIpc) is 2.72. The predicted octanol–water partition coefficient (Wildman–Crippen LogP) is 5.46. The van der Waals surface area contributed by atoms with Gasteiger partial charge < -0.3 is 5.32 Å². The molecule has 0 heterocycles. The van der Waals surface area contributed by atoms with Crippen LogP contribution in [-0.2, 0) is 0 Å². The summed E-state index contributed by atoms with van der Waals surface area (Å²) in [5, 5.41) is 2.70. The third kappa shape index (κ3) is 3.65. The van der Waals surface area contributed by atoms with Crippen LogP contribution in [0.15, 0.2) is 42.5 Å². The van der Waals surface area contributed by atoms with Crippen LogP contribution in [0, 0.1) is 40.8 Å². The minimum Gasteiger partial charge on any atom is -0.322 e. The van der Waals surface area contributed by atoms with Crippen LogP contribution < -0.4 is 5.32 Å². The summed E-state index contributed by atoms with van der Waals surface area (Å²) in [7, 11) is 0. The maximum absolute atomic E-state index is 14.0. The molecule has 6 rings (SSSR count). The van der Waals surface area contributed by atoms with Gasteiger partial charge in [-0.05, 0) is 92.7 Å². The van der Waals surface area contributed by atoms with Crippen LogP contribution >= 0.6 is 0 Å². The third-order valence-corrected chi connectivity index (χ3v) is 7.03. The minimum absolute atomic E-state index is 0.0914. The zero-order valence-corrected chi connectivity index (χ0v) is 16.8. The zero-order chi connectivity index (χ0) is 20.7. The van der Waals surface area contributed by atoms with Gasteiger partial charge in [0.2, 0.25) is 0 Å². The zero-order valence-electron chi connectivity index (χ0n) is 16.8. The van der Waals surface area contributed by atoms with Crippen molar-refractivity contribution in [3.05, 3.63) is 65.0 Å². The van der Waals surface area contributed by atoms with Crippen LogP contribution in [0.2, 0.25) is 0 Å². The molecule has 0 radical (unpaired) electrons. The van der Waals surface area contributed by atoms with Crippen molar-refractivity contribution in [3.8, 4) is 11.8 Å². The van der Waals surface area contributed by atoms with Crippen molar-refractivity contribution in [2.75, 3.05) is 5.32 Å². The summed E-state index contributed by atoms with van der Waals surface area (Å²) in [6, 6.07) is 11.2. The molecule has 0 spiro atoms. The molecule has 4 heteroatoms. The Labute approximate surface area is 176 Å². The van der Waals surface area contributed by atoms with Crippen molar-refractivity contribution in [1.29, 1.82) is 0 Å². The summed E-state index contributed by atoms with van der Waals surface area (Å²) >= 11 is 0. The lowest BCUT2D eigenvalue weighted by molar-refractivity contribution is -0.0181. The molecule has 4 aliphatic rings. The average molecular weight is 401 g/mol. The Kier molecular flexibility index (Phi) is 4.70. The van der Waals surface area contributed by atoms with E-state index < -0.39 is 11.7 Å². The molecule has 2 aromatic rings. The Morgan fingerprint density at radius 2 is 1.63 bits per heavy atom. The Bertz CT molecular complexity index is 1030. The first-order chi connectivity index (χ1) is 14.5. The fourth-order valence-electron chi connectivity index (χ4n) is 6.09. The lowest BCUT2D eigenvalue weighted by atomic mass is 9.50. The molecule has 0 aliphatic heterocycles. The van der Waals surface area contributed by atoms with E-state index in [2.05, 4.69) is 17.2 Å². The van der Waals surface area contributed by atoms with E-state index in [0.717, 1.165) is 29.4 Å². The van der Waals surface area contributed by atoms with Crippen LogP contribution in [0.1, 0.15) is 64.8 Å². The number of hydrogen-bond acceptors (Lipinski definition) is 2. The van der Waals surface area contributed by atoms with Gasteiger partial charge in [-0.15, -0.1) is 0 Å². The van der Waals surface area contributed by atoms with Crippen LogP contribution in [0.25, 0.3) is 0 Å². The van der Waals surface area contributed by atoms with Crippen LogP contribution in [-0.4, -0.2) is 12.2 Å². The molecule has 0 aromatic heterocycles. The fourth-order valence-corrected chi connectivity index (χ4v) is 6.09. The van der Waals surface area contributed by atoms with Gasteiger partial charge in [-0.2, -0.15) is 0 Å². The molecule has 1 amide bonds. The maximum Gasteiger partial charge on any atom is 0.258 e. The topological polar surface area (TPSA) is 46.2 Å². The number of anilines is 1. The number of benzene rings is 2. The quantitative estimate of drug-likeness (QED) is 0.548. The van der Waals surface area contributed by atoms with E-state index in [4.69, 9.17) is 0 Å². The van der Waals surface area contributed by atoms with Gasteiger partial charge in [0, 0.05) is 22.2 Å². The van der Waals surface area contributed by atoms with E-state index in [1.807, 2.05) is 12.1 Å². The molecule has 2 aromatic carbocycles. The molecule has 0 saturated heterocycles. The number of carbonyl (C=O) groups excluding carboxylic acids is 2. The monoisotopic (exact) mass is 401 g/mol. The SMILES string of the molecule is O=Cc1ccc(C(=O)Nc2ccc(C#CC34CC5CC(CC(C5)C3)C4)cc2)c(F)c1. The highest BCUT2D eigenvalue weighted by atomic mass is 19.1. The summed E-state index contributed by atoms with van der Waals surface area (Å²) in [5.74, 6) is 8.39. The molecule has 3 nitrogen and oxygen atoms in total. The van der Waals surface area contributed by atoms with Crippen molar-refractivity contribution >= 4 is 17.9 Å². The molecule has 4 saturated carbocycles. The van der Waals surface area contributed by atoms with Crippen molar-refractivity contribution in [2.24, 2.45) is 23.2 Å². The Balaban J connectivity index is 1.27. The first-order valence-corrected chi connectivity index (χ1v) is 10.7. The lowest BCUT2D eigenvalue weighted by Crippen LogP contribution is -2.45. The van der Waals surface area contributed by atoms with Crippen molar-refractivity contribution < 1.29 is 14.0 Å². The highest BCUT2D eigenvalue weighted by molar-refractivity contribution is 6.04. The van der Waals surface area contributed by atoms with Crippen LogP contribution in [0.4, 0.5) is 10.1 Å². The van der Waals surface area contributed by atoms with Crippen LogP contribution in [0.3, 0.4) is 0 Å². The second kappa shape index (κ2) is 7.40. The van der Waals surface area contributed by atoms with Gasteiger partial charge in [-0.25, -0.2) is 4.39 Å². The number of halogens is 1. The normalized spacial score (nSPS) is 28.5. The smallest absolute Gasteiger partial charge is 0.258 e. The number of hydrogen-bond donors (Lipinski definition) is 1. The summed E-state index contributed by atoms with van der Waals surface area (Å²) < 4.78 is 14.0. The van der Waals surface area contributed by atoms with Gasteiger partial charge in [0.1, 0.15) is 12.1 Å². The number of nitrogens with one attached hydrogen (secondary N) is 1. The van der Waals surface area contributed by atoms with Gasteiger partial charge in [-0.3, -0.25) is 9.59 Å². The lowest BCUT2D eigenvalue weighted by Gasteiger charge is -2.54. The van der Waals surface area contributed by atoms with Crippen molar-refractivity contribution in [3.63, 3.8) is 0 Å². The highest BCUT2D eigenvalue weighted by Gasteiger charge is 2.50. The van der Waals surface area contributed by atoms with Gasteiger partial charge in [0.15, 0.2) is 0 Å². The Morgan fingerprint density at radius 3 is 2.20 bits per heavy atom. The van der Waals surface area contributed by atoms with Crippen molar-refractivity contribution in [1.82, 2.24) is 0 Å². The number of carbonyl (C=O) groups is 2. The van der Waals surface area contributed by atoms with Gasteiger partial charge in [0.05, 0.1) is 5.56 Å². The molecule has 152 valence electrons. The van der Waals surface area contributed by atoms with Gasteiger partial charge in [-0.1, -0.05) is 17.9 Å². The second-order valence-electron chi connectivity index (χ2n) is 9.34. The number of amides is 1. The van der Waals surface area contributed by atoms with Crippen molar-refractivity contribution in [2.45, 2.75) is 38.5 Å². The molecule has 4 fully saturated rings. The number of rotatable bonds is 3. The van der Waals surface area contributed by atoms with E-state index in [1.165, 1.54) is 50.7 Å². The summed E-state index contributed by atoms with van der Waals surface area (Å²) in [5.41, 5.74) is 1.84. The predicted molar refractivity (Wildman–Crippen MR) is 114 cm³/mol. The first kappa shape index (κ1) is 19.1. The van der Waals surface area contributed by atoms with Gasteiger partial charge in [0.25, 0.3) is 5.91 Å². The molecule has 4 bridgehead atoms. The molecule has 0 unspecified atom stereocenters. The maximum atomic E-state index is 14.0. The summed E-state index contributed by atoms with van der Waals surface area (Å²) in [6.07, 6.45) is 8.56. The largest absolute Gasteiger partial charge is 0.322 e. The van der Waals surface area contributed by atoms with E-state index in [0.29, 0.717) is 12.0 Å². The molecular weight excluding hydrogens is 377 g/mol. The van der Waals surface area contributed by atoms with Crippen LogP contribution in [0.5, 0.6) is 0 Å². The van der Waals surface area contributed by atoms with E-state index >= 15 is 0 Å². The summed E-state index contributed by atoms with van der Waals surface area (Å²) in [6.45, 7) is 0. The third-order valence-electron chi connectivity index (χ3n) is 7.03. The molecule has 30 heavy (non-hydrogen) atoms. The molecule has 0 atom stereocenters. The number of aldehydes is 1. The van der Waals surface area contributed by atoms with E-state index in [1.54, 1.807) is 12.1 Å². The second-order valence-corrected chi connectivity index (χ2v) is 9.34. The Hall–Kier alpha value is -2.93. The minimum atomic E-state index is -0.713. The molecular formula is C26H24FNO2. The Morgan fingerprint density at radius 1 is 1.00 bits per heavy atom. The summed E-state index contributed by atoms with van der Waals surface area (Å²) in [4.78, 5) is 23.1. The standard InChI is InChI=1S/C26H24FNO2/c27-24-12-18(16-29)3-6-23(24)25(30)28-22-4-1-17(2-5-22)7-8-26-13-19-9-20(14-26)11-21(10-19)15-26/h1-6,12,16,19-21H,9-11,13-15H2,(H,28,30).